The quantitative estimate of drug-likeness (QED) is 0.695. The number of carbonyl (C=O) groups is 1. The molecule has 0 saturated heterocycles. The third-order valence-electron chi connectivity index (χ3n) is 3.02. The van der Waals surface area contributed by atoms with Crippen molar-refractivity contribution in [2.45, 2.75) is 44.9 Å². The zero-order valence-electron chi connectivity index (χ0n) is 9.07. The number of rotatable bonds is 2. The number of aldehydes is 1. The normalized spacial score (nSPS) is 17.7. The van der Waals surface area contributed by atoms with Crippen LogP contribution in [-0.2, 0) is 0 Å². The molecule has 3 heteroatoms. The topological polar surface area (TPSA) is 42.9 Å². The van der Waals surface area contributed by atoms with Crippen LogP contribution in [0.4, 0.5) is 0 Å². The molecule has 1 aromatic heterocycles. The molecule has 1 saturated carbocycles. The summed E-state index contributed by atoms with van der Waals surface area (Å²) in [6.07, 6.45) is 7.11. The SMILES string of the molecule is Cc1nc(C=O)cc(C2CCCCC2)n1. The van der Waals surface area contributed by atoms with Gasteiger partial charge in [0.15, 0.2) is 6.29 Å². The first-order valence-electron chi connectivity index (χ1n) is 5.60. The van der Waals surface area contributed by atoms with Crippen molar-refractivity contribution in [3.63, 3.8) is 0 Å². The van der Waals surface area contributed by atoms with E-state index in [9.17, 15) is 4.79 Å². The molecule has 0 spiro atoms. The summed E-state index contributed by atoms with van der Waals surface area (Å²) < 4.78 is 0. The van der Waals surface area contributed by atoms with E-state index in [1.165, 1.54) is 32.1 Å². The van der Waals surface area contributed by atoms with E-state index in [-0.39, 0.29) is 0 Å². The molecule has 3 nitrogen and oxygen atoms in total. The summed E-state index contributed by atoms with van der Waals surface area (Å²) in [5.74, 6) is 1.25. The van der Waals surface area contributed by atoms with Crippen LogP contribution in [0.15, 0.2) is 6.07 Å². The first-order chi connectivity index (χ1) is 7.29. The zero-order valence-corrected chi connectivity index (χ0v) is 9.07. The van der Waals surface area contributed by atoms with Crippen LogP contribution in [-0.4, -0.2) is 16.3 Å². The van der Waals surface area contributed by atoms with Gasteiger partial charge in [-0.05, 0) is 25.8 Å². The van der Waals surface area contributed by atoms with E-state index < -0.39 is 0 Å². The molecule has 0 radical (unpaired) electrons. The molecule has 2 rings (SSSR count). The molecular formula is C12H16N2O. The van der Waals surface area contributed by atoms with E-state index in [1.54, 1.807) is 0 Å². The van der Waals surface area contributed by atoms with Gasteiger partial charge < -0.3 is 0 Å². The molecule has 0 aromatic carbocycles. The molecule has 0 aliphatic heterocycles. The lowest BCUT2D eigenvalue weighted by Crippen LogP contribution is -2.09. The summed E-state index contributed by atoms with van der Waals surface area (Å²) in [5, 5.41) is 0. The van der Waals surface area contributed by atoms with Gasteiger partial charge in [-0.15, -0.1) is 0 Å². The molecule has 15 heavy (non-hydrogen) atoms. The van der Waals surface area contributed by atoms with Gasteiger partial charge in [0.2, 0.25) is 0 Å². The molecule has 0 bridgehead atoms. The summed E-state index contributed by atoms with van der Waals surface area (Å²) in [6.45, 7) is 1.85. The van der Waals surface area contributed by atoms with Crippen molar-refractivity contribution in [3.8, 4) is 0 Å². The fraction of sp³-hybridized carbons (Fsp3) is 0.583. The molecule has 80 valence electrons. The number of carbonyl (C=O) groups excluding carboxylic acids is 1. The van der Waals surface area contributed by atoms with Gasteiger partial charge in [0.25, 0.3) is 0 Å². The molecule has 0 N–H and O–H groups in total. The fourth-order valence-corrected chi connectivity index (χ4v) is 2.28. The fourth-order valence-electron chi connectivity index (χ4n) is 2.28. The van der Waals surface area contributed by atoms with Crippen LogP contribution in [0.25, 0.3) is 0 Å². The number of hydrogen-bond acceptors (Lipinski definition) is 3. The Bertz CT molecular complexity index is 357. The van der Waals surface area contributed by atoms with Crippen LogP contribution in [0.5, 0.6) is 0 Å². The van der Waals surface area contributed by atoms with Crippen molar-refractivity contribution in [2.24, 2.45) is 0 Å². The van der Waals surface area contributed by atoms with Crippen LogP contribution in [0.3, 0.4) is 0 Å². The summed E-state index contributed by atoms with van der Waals surface area (Å²) in [5.41, 5.74) is 1.58. The van der Waals surface area contributed by atoms with Crippen LogP contribution in [0.1, 0.15) is 60.0 Å². The Morgan fingerprint density at radius 1 is 1.27 bits per heavy atom. The lowest BCUT2D eigenvalue weighted by Gasteiger charge is -2.21. The summed E-state index contributed by atoms with van der Waals surface area (Å²) in [6, 6.07) is 1.84. The second-order valence-corrected chi connectivity index (χ2v) is 4.22. The maximum absolute atomic E-state index is 10.7. The maximum atomic E-state index is 10.7. The Morgan fingerprint density at radius 2 is 2.00 bits per heavy atom. The highest BCUT2D eigenvalue weighted by Crippen LogP contribution is 2.31. The maximum Gasteiger partial charge on any atom is 0.168 e. The summed E-state index contributed by atoms with van der Waals surface area (Å²) in [7, 11) is 0. The Kier molecular flexibility index (Phi) is 3.09. The lowest BCUT2D eigenvalue weighted by atomic mass is 9.86. The van der Waals surface area contributed by atoms with Gasteiger partial charge in [0.05, 0.1) is 0 Å². The predicted octanol–water partition coefficient (Wildman–Crippen LogP) is 2.65. The number of aromatic nitrogens is 2. The molecule has 1 aliphatic carbocycles. The predicted molar refractivity (Wildman–Crippen MR) is 58.0 cm³/mol. The van der Waals surface area contributed by atoms with E-state index in [4.69, 9.17) is 0 Å². The van der Waals surface area contributed by atoms with Crippen molar-refractivity contribution in [3.05, 3.63) is 23.3 Å². The van der Waals surface area contributed by atoms with Crippen molar-refractivity contribution >= 4 is 6.29 Å². The minimum absolute atomic E-state index is 0.517. The van der Waals surface area contributed by atoms with Crippen LogP contribution in [0, 0.1) is 6.92 Å². The molecule has 1 heterocycles. The van der Waals surface area contributed by atoms with Gasteiger partial charge in [-0.25, -0.2) is 9.97 Å². The van der Waals surface area contributed by atoms with E-state index in [2.05, 4.69) is 9.97 Å². The Hall–Kier alpha value is -1.25. The van der Waals surface area contributed by atoms with Gasteiger partial charge >= 0.3 is 0 Å². The summed E-state index contributed by atoms with van der Waals surface area (Å²) >= 11 is 0. The third kappa shape index (κ3) is 2.41. The molecule has 1 fully saturated rings. The van der Waals surface area contributed by atoms with Crippen LogP contribution >= 0.6 is 0 Å². The van der Waals surface area contributed by atoms with Crippen molar-refractivity contribution < 1.29 is 4.79 Å². The second kappa shape index (κ2) is 4.51. The average molecular weight is 204 g/mol. The Labute approximate surface area is 89.9 Å². The highest BCUT2D eigenvalue weighted by molar-refractivity contribution is 5.71. The van der Waals surface area contributed by atoms with Gasteiger partial charge in [-0.2, -0.15) is 0 Å². The van der Waals surface area contributed by atoms with Crippen LogP contribution < -0.4 is 0 Å². The first-order valence-corrected chi connectivity index (χ1v) is 5.60. The minimum Gasteiger partial charge on any atom is -0.296 e. The lowest BCUT2D eigenvalue weighted by molar-refractivity contribution is 0.111. The standard InChI is InChI=1S/C12H16N2O/c1-9-13-11(8-15)7-12(14-9)10-5-3-2-4-6-10/h7-8,10H,2-6H2,1H3. The zero-order chi connectivity index (χ0) is 10.7. The van der Waals surface area contributed by atoms with E-state index in [0.717, 1.165) is 12.0 Å². The number of nitrogens with zero attached hydrogens (tertiary/aromatic N) is 2. The Morgan fingerprint density at radius 3 is 2.67 bits per heavy atom. The molecule has 1 aliphatic rings. The highest BCUT2D eigenvalue weighted by atomic mass is 16.1. The van der Waals surface area contributed by atoms with E-state index in [0.29, 0.717) is 17.4 Å². The van der Waals surface area contributed by atoms with Crippen molar-refractivity contribution in [1.29, 1.82) is 0 Å². The molecule has 0 amide bonds. The highest BCUT2D eigenvalue weighted by Gasteiger charge is 2.17. The summed E-state index contributed by atoms with van der Waals surface area (Å²) in [4.78, 5) is 19.2. The van der Waals surface area contributed by atoms with Gasteiger partial charge in [0.1, 0.15) is 11.5 Å². The largest absolute Gasteiger partial charge is 0.296 e. The van der Waals surface area contributed by atoms with Gasteiger partial charge in [-0.1, -0.05) is 19.3 Å². The van der Waals surface area contributed by atoms with E-state index >= 15 is 0 Å². The molecule has 1 aromatic rings. The molecular weight excluding hydrogens is 188 g/mol. The van der Waals surface area contributed by atoms with Gasteiger partial charge in [0, 0.05) is 11.6 Å². The molecule has 0 atom stereocenters. The van der Waals surface area contributed by atoms with Crippen LogP contribution in [0.2, 0.25) is 0 Å². The monoisotopic (exact) mass is 204 g/mol. The molecule has 0 unspecified atom stereocenters. The third-order valence-corrected chi connectivity index (χ3v) is 3.02. The minimum atomic E-state index is 0.517. The van der Waals surface area contributed by atoms with Gasteiger partial charge in [-0.3, -0.25) is 4.79 Å². The van der Waals surface area contributed by atoms with Crippen molar-refractivity contribution in [2.75, 3.05) is 0 Å². The average Bonchev–Trinajstić information content (AvgIpc) is 2.29. The van der Waals surface area contributed by atoms with Crippen molar-refractivity contribution in [1.82, 2.24) is 9.97 Å². The second-order valence-electron chi connectivity index (χ2n) is 4.22. The number of hydrogen-bond donors (Lipinski definition) is 0. The smallest absolute Gasteiger partial charge is 0.168 e. The Balaban J connectivity index is 2.25. The number of aryl methyl sites for hydroxylation is 1. The van der Waals surface area contributed by atoms with E-state index in [1.807, 2.05) is 13.0 Å². The first kappa shape index (κ1) is 10.3.